The molecule has 104 valence electrons. The molecule has 3 N–H and O–H groups in total. The van der Waals surface area contributed by atoms with Crippen molar-refractivity contribution in [1.82, 2.24) is 5.32 Å². The van der Waals surface area contributed by atoms with E-state index in [-0.39, 0.29) is 18.6 Å². The maximum Gasteiger partial charge on any atom is 0.416 e. The van der Waals surface area contributed by atoms with Gasteiger partial charge >= 0.3 is 6.18 Å². The molecule has 0 heterocycles. The molecule has 0 saturated heterocycles. The summed E-state index contributed by atoms with van der Waals surface area (Å²) in [7, 11) is 0. The summed E-state index contributed by atoms with van der Waals surface area (Å²) < 4.78 is 38.0. The maximum absolute atomic E-state index is 12.7. The third kappa shape index (κ3) is 3.58. The van der Waals surface area contributed by atoms with E-state index in [9.17, 15) is 13.2 Å². The van der Waals surface area contributed by atoms with Crippen molar-refractivity contribution in [3.8, 4) is 0 Å². The van der Waals surface area contributed by atoms with Crippen LogP contribution in [-0.2, 0) is 6.18 Å². The summed E-state index contributed by atoms with van der Waals surface area (Å²) in [4.78, 5) is 0. The van der Waals surface area contributed by atoms with Crippen LogP contribution in [-0.4, -0.2) is 12.6 Å². The van der Waals surface area contributed by atoms with Gasteiger partial charge in [-0.2, -0.15) is 13.2 Å². The molecule has 0 aromatic heterocycles. The van der Waals surface area contributed by atoms with Crippen molar-refractivity contribution in [2.75, 3.05) is 6.54 Å². The molecule has 1 aliphatic carbocycles. The molecule has 1 aromatic carbocycles. The van der Waals surface area contributed by atoms with Crippen LogP contribution >= 0.6 is 0 Å². The summed E-state index contributed by atoms with van der Waals surface area (Å²) in [6, 6.07) is 5.38. The van der Waals surface area contributed by atoms with Gasteiger partial charge in [0.05, 0.1) is 5.56 Å². The van der Waals surface area contributed by atoms with Crippen molar-refractivity contribution < 1.29 is 13.2 Å². The van der Waals surface area contributed by atoms with E-state index in [2.05, 4.69) is 17.5 Å². The van der Waals surface area contributed by atoms with Gasteiger partial charge in [0.2, 0.25) is 0 Å². The van der Waals surface area contributed by atoms with E-state index in [0.29, 0.717) is 5.56 Å². The third-order valence-corrected chi connectivity index (χ3v) is 3.30. The van der Waals surface area contributed by atoms with Crippen molar-refractivity contribution in [3.63, 3.8) is 0 Å². The van der Waals surface area contributed by atoms with Gasteiger partial charge in [-0.1, -0.05) is 24.3 Å². The van der Waals surface area contributed by atoms with Gasteiger partial charge in [-0.15, -0.1) is 0 Å². The van der Waals surface area contributed by atoms with Crippen LogP contribution in [0.5, 0.6) is 0 Å². The zero-order chi connectivity index (χ0) is 13.9. The molecule has 0 spiro atoms. The number of hydrogen-bond donors (Lipinski definition) is 2. The summed E-state index contributed by atoms with van der Waals surface area (Å²) in [6.07, 6.45) is 1.61. The fourth-order valence-electron chi connectivity index (χ4n) is 2.27. The lowest BCUT2D eigenvalue weighted by Crippen LogP contribution is -2.35. The number of hydrogen-bond acceptors (Lipinski definition) is 2. The molecular weight excluding hydrogens is 253 g/mol. The zero-order valence-corrected chi connectivity index (χ0v) is 10.5. The van der Waals surface area contributed by atoms with Crippen molar-refractivity contribution in [2.45, 2.75) is 31.1 Å². The number of benzene rings is 1. The van der Waals surface area contributed by atoms with Crippen LogP contribution in [0.25, 0.3) is 0 Å². The lowest BCUT2D eigenvalue weighted by Gasteiger charge is -2.22. The molecule has 19 heavy (non-hydrogen) atoms. The Labute approximate surface area is 110 Å². The molecule has 0 saturated carbocycles. The molecule has 1 unspecified atom stereocenters. The minimum Gasteiger partial charge on any atom is -0.329 e. The highest BCUT2D eigenvalue weighted by Crippen LogP contribution is 2.30. The second-order valence-electron chi connectivity index (χ2n) is 4.72. The van der Waals surface area contributed by atoms with E-state index in [1.807, 2.05) is 0 Å². The first-order chi connectivity index (χ1) is 9.00. The monoisotopic (exact) mass is 270 g/mol. The standard InChI is InChI=1S/C14H17F3N2/c15-14(16,17)11-5-3-4-10(8-11)13(9-18)19-12-6-1-2-7-12/h1-5,8,12-13,19H,6-7,9,18H2. The molecule has 2 nitrogen and oxygen atoms in total. The van der Waals surface area contributed by atoms with Crippen LogP contribution in [0.1, 0.15) is 30.0 Å². The van der Waals surface area contributed by atoms with Crippen LogP contribution < -0.4 is 11.1 Å². The van der Waals surface area contributed by atoms with Gasteiger partial charge in [0.15, 0.2) is 0 Å². The van der Waals surface area contributed by atoms with E-state index >= 15 is 0 Å². The van der Waals surface area contributed by atoms with E-state index < -0.39 is 11.7 Å². The predicted octanol–water partition coefficient (Wildman–Crippen LogP) is 3.01. The number of nitrogens with two attached hydrogens (primary N) is 1. The Morgan fingerprint density at radius 1 is 1.26 bits per heavy atom. The van der Waals surface area contributed by atoms with Gasteiger partial charge in [0, 0.05) is 18.6 Å². The summed E-state index contributed by atoms with van der Waals surface area (Å²) in [5.74, 6) is 0. The minimum atomic E-state index is -4.32. The van der Waals surface area contributed by atoms with Crippen LogP contribution in [0.15, 0.2) is 36.4 Å². The average molecular weight is 270 g/mol. The fourth-order valence-corrected chi connectivity index (χ4v) is 2.27. The maximum atomic E-state index is 12.7. The number of rotatable bonds is 4. The topological polar surface area (TPSA) is 38.0 Å². The van der Waals surface area contributed by atoms with E-state index in [4.69, 9.17) is 5.73 Å². The Hall–Kier alpha value is -1.33. The quantitative estimate of drug-likeness (QED) is 0.825. The molecule has 0 bridgehead atoms. The smallest absolute Gasteiger partial charge is 0.329 e. The first-order valence-electron chi connectivity index (χ1n) is 6.29. The van der Waals surface area contributed by atoms with Crippen molar-refractivity contribution in [3.05, 3.63) is 47.5 Å². The molecule has 1 aromatic rings. The second-order valence-corrected chi connectivity index (χ2v) is 4.72. The highest BCUT2D eigenvalue weighted by molar-refractivity contribution is 5.28. The summed E-state index contributed by atoms with van der Waals surface area (Å²) in [6.45, 7) is 0.276. The summed E-state index contributed by atoms with van der Waals surface area (Å²) in [5, 5.41) is 3.31. The van der Waals surface area contributed by atoms with Gasteiger partial charge < -0.3 is 11.1 Å². The zero-order valence-electron chi connectivity index (χ0n) is 10.5. The molecule has 0 radical (unpaired) electrons. The van der Waals surface area contributed by atoms with Crippen molar-refractivity contribution in [1.29, 1.82) is 0 Å². The van der Waals surface area contributed by atoms with Crippen LogP contribution in [0, 0.1) is 0 Å². The molecule has 0 amide bonds. The summed E-state index contributed by atoms with van der Waals surface area (Å²) >= 11 is 0. The Balaban J connectivity index is 2.13. The predicted molar refractivity (Wildman–Crippen MR) is 68.5 cm³/mol. The third-order valence-electron chi connectivity index (χ3n) is 3.30. The Bertz CT molecular complexity index is 446. The second kappa shape index (κ2) is 5.75. The lowest BCUT2D eigenvalue weighted by atomic mass is 10.0. The van der Waals surface area contributed by atoms with Crippen LogP contribution in [0.4, 0.5) is 13.2 Å². The van der Waals surface area contributed by atoms with Crippen LogP contribution in [0.2, 0.25) is 0 Å². The Morgan fingerprint density at radius 2 is 1.95 bits per heavy atom. The number of nitrogens with one attached hydrogen (secondary N) is 1. The molecule has 5 heteroatoms. The molecular formula is C14H17F3N2. The van der Waals surface area contributed by atoms with E-state index in [0.717, 1.165) is 18.9 Å². The highest BCUT2D eigenvalue weighted by atomic mass is 19.4. The molecule has 1 aliphatic rings. The van der Waals surface area contributed by atoms with Gasteiger partial charge in [-0.25, -0.2) is 0 Å². The molecule has 0 fully saturated rings. The van der Waals surface area contributed by atoms with E-state index in [1.165, 1.54) is 12.1 Å². The molecule has 0 aliphatic heterocycles. The SMILES string of the molecule is NCC(NC1CC=CC1)c1cccc(C(F)(F)F)c1. The minimum absolute atomic E-state index is 0.243. The van der Waals surface area contributed by atoms with Gasteiger partial charge in [0.1, 0.15) is 0 Å². The Kier molecular flexibility index (Phi) is 4.27. The first kappa shape index (κ1) is 14.1. The lowest BCUT2D eigenvalue weighted by molar-refractivity contribution is -0.137. The largest absolute Gasteiger partial charge is 0.416 e. The van der Waals surface area contributed by atoms with Crippen LogP contribution in [0.3, 0.4) is 0 Å². The van der Waals surface area contributed by atoms with E-state index in [1.54, 1.807) is 6.07 Å². The van der Waals surface area contributed by atoms with Gasteiger partial charge in [0.25, 0.3) is 0 Å². The average Bonchev–Trinajstić information content (AvgIpc) is 2.88. The fraction of sp³-hybridized carbons (Fsp3) is 0.429. The number of halogens is 3. The Morgan fingerprint density at radius 3 is 2.53 bits per heavy atom. The van der Waals surface area contributed by atoms with Crippen molar-refractivity contribution >= 4 is 0 Å². The van der Waals surface area contributed by atoms with Gasteiger partial charge in [-0.05, 0) is 30.5 Å². The molecule has 1 atom stereocenters. The highest BCUT2D eigenvalue weighted by Gasteiger charge is 2.31. The summed E-state index contributed by atoms with van der Waals surface area (Å²) in [5.41, 5.74) is 5.64. The molecule has 2 rings (SSSR count). The normalized spacial score (nSPS) is 17.9. The first-order valence-corrected chi connectivity index (χ1v) is 6.29. The van der Waals surface area contributed by atoms with Gasteiger partial charge in [-0.3, -0.25) is 0 Å². The van der Waals surface area contributed by atoms with Crippen molar-refractivity contribution in [2.24, 2.45) is 5.73 Å². The number of alkyl halides is 3.